The van der Waals surface area contributed by atoms with Crippen LogP contribution in [-0.2, 0) is 4.74 Å². The first kappa shape index (κ1) is 12.9. The molecule has 4 heteroatoms. The first-order chi connectivity index (χ1) is 8.93. The summed E-state index contributed by atoms with van der Waals surface area (Å²) in [4.78, 5) is 5.22. The molecule has 3 aliphatic heterocycles. The highest BCUT2D eigenvalue weighted by Crippen LogP contribution is 2.26. The van der Waals surface area contributed by atoms with Crippen molar-refractivity contribution in [1.29, 1.82) is 0 Å². The highest BCUT2D eigenvalue weighted by atomic mass is 16.5. The van der Waals surface area contributed by atoms with E-state index in [1.807, 2.05) is 0 Å². The van der Waals surface area contributed by atoms with E-state index in [1.54, 1.807) is 0 Å². The maximum atomic E-state index is 5.38. The zero-order valence-electron chi connectivity index (χ0n) is 11.4. The van der Waals surface area contributed by atoms with Crippen molar-refractivity contribution in [1.82, 2.24) is 15.1 Å². The lowest BCUT2D eigenvalue weighted by Gasteiger charge is -2.33. The third-order valence-corrected chi connectivity index (χ3v) is 4.79. The average Bonchev–Trinajstić information content (AvgIpc) is 2.84. The monoisotopic (exact) mass is 253 g/mol. The Bertz CT molecular complexity index is 255. The van der Waals surface area contributed by atoms with Gasteiger partial charge in [0, 0.05) is 44.8 Å². The highest BCUT2D eigenvalue weighted by molar-refractivity contribution is 4.93. The number of ether oxygens (including phenoxy) is 1. The van der Waals surface area contributed by atoms with Crippen LogP contribution >= 0.6 is 0 Å². The van der Waals surface area contributed by atoms with Gasteiger partial charge in [0.15, 0.2) is 0 Å². The predicted molar refractivity (Wildman–Crippen MR) is 72.9 cm³/mol. The van der Waals surface area contributed by atoms with Crippen LogP contribution in [0.25, 0.3) is 0 Å². The Labute approximate surface area is 111 Å². The number of rotatable bonds is 4. The molecule has 104 valence electrons. The largest absolute Gasteiger partial charge is 0.379 e. The Morgan fingerprint density at radius 3 is 2.78 bits per heavy atom. The van der Waals surface area contributed by atoms with E-state index < -0.39 is 0 Å². The predicted octanol–water partition coefficient (Wildman–Crippen LogP) is 0.535. The average molecular weight is 253 g/mol. The lowest BCUT2D eigenvalue weighted by Crippen LogP contribution is -2.47. The quantitative estimate of drug-likeness (QED) is 0.791. The highest BCUT2D eigenvalue weighted by Gasteiger charge is 2.34. The summed E-state index contributed by atoms with van der Waals surface area (Å²) < 4.78 is 5.38. The van der Waals surface area contributed by atoms with Gasteiger partial charge in [0.2, 0.25) is 0 Å². The van der Waals surface area contributed by atoms with Gasteiger partial charge in [0.25, 0.3) is 0 Å². The fraction of sp³-hybridized carbons (Fsp3) is 1.00. The maximum absolute atomic E-state index is 5.38. The van der Waals surface area contributed by atoms with Gasteiger partial charge in [-0.05, 0) is 25.8 Å². The molecule has 0 aromatic rings. The van der Waals surface area contributed by atoms with E-state index >= 15 is 0 Å². The number of hydrogen-bond donors (Lipinski definition) is 1. The van der Waals surface area contributed by atoms with Crippen LogP contribution < -0.4 is 5.32 Å². The van der Waals surface area contributed by atoms with Crippen molar-refractivity contribution in [3.8, 4) is 0 Å². The zero-order valence-corrected chi connectivity index (χ0v) is 11.4. The van der Waals surface area contributed by atoms with Crippen molar-refractivity contribution in [2.24, 2.45) is 0 Å². The molecule has 2 unspecified atom stereocenters. The number of nitrogens with one attached hydrogen (secondary N) is 1. The van der Waals surface area contributed by atoms with E-state index in [1.165, 1.54) is 45.3 Å². The minimum atomic E-state index is 0.756. The molecule has 3 aliphatic rings. The molecule has 3 fully saturated rings. The van der Waals surface area contributed by atoms with Crippen LogP contribution in [0.4, 0.5) is 0 Å². The number of piperidine rings is 1. The minimum Gasteiger partial charge on any atom is -0.379 e. The third kappa shape index (κ3) is 3.05. The van der Waals surface area contributed by atoms with Gasteiger partial charge in [-0.3, -0.25) is 9.80 Å². The molecule has 0 saturated carbocycles. The molecule has 18 heavy (non-hydrogen) atoms. The SMILES string of the molecule is C1CCN2CCC(NCCN3CCOCC3)C2C1. The van der Waals surface area contributed by atoms with Crippen molar-refractivity contribution in [3.05, 3.63) is 0 Å². The second-order valence-electron chi connectivity index (χ2n) is 5.90. The normalized spacial score (nSPS) is 34.7. The summed E-state index contributed by atoms with van der Waals surface area (Å²) in [5.74, 6) is 0. The second kappa shape index (κ2) is 6.33. The number of nitrogens with zero attached hydrogens (tertiary/aromatic N) is 2. The molecule has 0 bridgehead atoms. The lowest BCUT2D eigenvalue weighted by molar-refractivity contribution is 0.0379. The summed E-state index contributed by atoms with van der Waals surface area (Å²) in [6.45, 7) is 9.05. The van der Waals surface area contributed by atoms with E-state index in [0.29, 0.717) is 0 Å². The van der Waals surface area contributed by atoms with Gasteiger partial charge in [-0.2, -0.15) is 0 Å². The maximum Gasteiger partial charge on any atom is 0.0594 e. The molecule has 0 aromatic carbocycles. The molecule has 3 heterocycles. The van der Waals surface area contributed by atoms with E-state index in [0.717, 1.165) is 44.9 Å². The van der Waals surface area contributed by atoms with Crippen molar-refractivity contribution >= 4 is 0 Å². The van der Waals surface area contributed by atoms with Crippen LogP contribution in [0, 0.1) is 0 Å². The number of fused-ring (bicyclic) bond motifs is 1. The third-order valence-electron chi connectivity index (χ3n) is 4.79. The van der Waals surface area contributed by atoms with Crippen LogP contribution in [-0.4, -0.2) is 74.4 Å². The van der Waals surface area contributed by atoms with Crippen molar-refractivity contribution in [2.75, 3.05) is 52.5 Å². The molecule has 0 aromatic heterocycles. The topological polar surface area (TPSA) is 27.7 Å². The molecular formula is C14H27N3O. The fourth-order valence-corrected chi connectivity index (χ4v) is 3.72. The van der Waals surface area contributed by atoms with Crippen molar-refractivity contribution < 1.29 is 4.74 Å². The zero-order chi connectivity index (χ0) is 12.2. The van der Waals surface area contributed by atoms with Gasteiger partial charge in [0.05, 0.1) is 13.2 Å². The number of morpholine rings is 1. The Morgan fingerprint density at radius 1 is 1.00 bits per heavy atom. The lowest BCUT2D eigenvalue weighted by atomic mass is 9.99. The van der Waals surface area contributed by atoms with E-state index in [4.69, 9.17) is 4.74 Å². The standard InChI is InChI=1S/C14H27N3O/c1-2-6-17-7-4-13(14(17)3-1)15-5-8-16-9-11-18-12-10-16/h13-15H,1-12H2. The van der Waals surface area contributed by atoms with E-state index in [9.17, 15) is 0 Å². The van der Waals surface area contributed by atoms with Crippen LogP contribution in [0.3, 0.4) is 0 Å². The Balaban J connectivity index is 1.37. The molecule has 3 rings (SSSR count). The van der Waals surface area contributed by atoms with Crippen LogP contribution in [0.2, 0.25) is 0 Å². The van der Waals surface area contributed by atoms with Gasteiger partial charge in [-0.1, -0.05) is 6.42 Å². The van der Waals surface area contributed by atoms with Gasteiger partial charge >= 0.3 is 0 Å². The molecule has 3 saturated heterocycles. The molecule has 0 amide bonds. The Hall–Kier alpha value is -0.160. The first-order valence-corrected chi connectivity index (χ1v) is 7.71. The number of hydrogen-bond acceptors (Lipinski definition) is 4. The summed E-state index contributed by atoms with van der Waals surface area (Å²) in [6.07, 6.45) is 5.61. The smallest absolute Gasteiger partial charge is 0.0594 e. The van der Waals surface area contributed by atoms with E-state index in [2.05, 4.69) is 15.1 Å². The molecular weight excluding hydrogens is 226 g/mol. The van der Waals surface area contributed by atoms with Crippen LogP contribution in [0.5, 0.6) is 0 Å². The van der Waals surface area contributed by atoms with Gasteiger partial charge < -0.3 is 10.1 Å². The molecule has 4 nitrogen and oxygen atoms in total. The summed E-state index contributed by atoms with van der Waals surface area (Å²) in [7, 11) is 0. The van der Waals surface area contributed by atoms with Gasteiger partial charge in [0.1, 0.15) is 0 Å². The van der Waals surface area contributed by atoms with Gasteiger partial charge in [-0.25, -0.2) is 0 Å². The van der Waals surface area contributed by atoms with E-state index in [-0.39, 0.29) is 0 Å². The summed E-state index contributed by atoms with van der Waals surface area (Å²) in [5.41, 5.74) is 0. The molecule has 1 N–H and O–H groups in total. The molecule has 0 radical (unpaired) electrons. The summed E-state index contributed by atoms with van der Waals surface area (Å²) in [5, 5.41) is 3.80. The fourth-order valence-electron chi connectivity index (χ4n) is 3.72. The first-order valence-electron chi connectivity index (χ1n) is 7.71. The minimum absolute atomic E-state index is 0.756. The second-order valence-corrected chi connectivity index (χ2v) is 5.90. The van der Waals surface area contributed by atoms with Crippen LogP contribution in [0.1, 0.15) is 25.7 Å². The Kier molecular flexibility index (Phi) is 4.52. The van der Waals surface area contributed by atoms with Crippen molar-refractivity contribution in [2.45, 2.75) is 37.8 Å². The molecule has 2 atom stereocenters. The van der Waals surface area contributed by atoms with Crippen LogP contribution in [0.15, 0.2) is 0 Å². The summed E-state index contributed by atoms with van der Waals surface area (Å²) in [6, 6.07) is 1.59. The molecule has 0 aliphatic carbocycles. The van der Waals surface area contributed by atoms with Crippen molar-refractivity contribution in [3.63, 3.8) is 0 Å². The molecule has 0 spiro atoms. The Morgan fingerprint density at radius 2 is 1.89 bits per heavy atom. The summed E-state index contributed by atoms with van der Waals surface area (Å²) >= 11 is 0. The van der Waals surface area contributed by atoms with Gasteiger partial charge in [-0.15, -0.1) is 0 Å².